The Morgan fingerprint density at radius 3 is 2.82 bits per heavy atom. The topological polar surface area (TPSA) is 59.6 Å². The molecule has 122 valence electrons. The van der Waals surface area contributed by atoms with Crippen molar-refractivity contribution in [3.8, 4) is 0 Å². The number of aryl methyl sites for hydroxylation is 1. The minimum atomic E-state index is 0.312. The highest BCUT2D eigenvalue weighted by Gasteiger charge is 2.36. The molecule has 1 aliphatic rings. The first-order valence-electron chi connectivity index (χ1n) is 8.41. The summed E-state index contributed by atoms with van der Waals surface area (Å²) >= 11 is 0. The Kier molecular flexibility index (Phi) is 6.25. The standard InChI is InChI=1S/C18H29N3O/c1-3-15-7-5-8-16(13-15)21-17(19)20-14-18(9-6-10-18)11-12-22-4-2/h5,7-8,13H,3-4,6,9-12,14H2,1-2H3,(H3,19,20,21). The summed E-state index contributed by atoms with van der Waals surface area (Å²) in [5.74, 6) is 0.510. The quantitative estimate of drug-likeness (QED) is 0.438. The number of benzene rings is 1. The van der Waals surface area contributed by atoms with Crippen LogP contribution in [0.4, 0.5) is 5.69 Å². The number of rotatable bonds is 8. The second-order valence-electron chi connectivity index (χ2n) is 6.18. The minimum Gasteiger partial charge on any atom is -0.382 e. The van der Waals surface area contributed by atoms with E-state index in [-0.39, 0.29) is 0 Å². The Labute approximate surface area is 134 Å². The number of ether oxygens (including phenoxy) is 1. The van der Waals surface area contributed by atoms with Crippen molar-refractivity contribution in [1.82, 2.24) is 0 Å². The fraction of sp³-hybridized carbons (Fsp3) is 0.611. The van der Waals surface area contributed by atoms with Crippen molar-refractivity contribution < 1.29 is 4.74 Å². The van der Waals surface area contributed by atoms with Crippen LogP contribution in [0.3, 0.4) is 0 Å². The van der Waals surface area contributed by atoms with E-state index in [1.807, 2.05) is 19.1 Å². The lowest BCUT2D eigenvalue weighted by Crippen LogP contribution is -2.35. The number of guanidine groups is 1. The van der Waals surface area contributed by atoms with E-state index in [0.717, 1.165) is 38.3 Å². The van der Waals surface area contributed by atoms with Crippen LogP contribution in [0.15, 0.2) is 29.3 Å². The summed E-state index contributed by atoms with van der Waals surface area (Å²) in [5.41, 5.74) is 8.67. The minimum absolute atomic E-state index is 0.312. The molecule has 4 heteroatoms. The summed E-state index contributed by atoms with van der Waals surface area (Å²) in [6.45, 7) is 6.61. The molecule has 1 aromatic carbocycles. The number of hydrogen-bond acceptors (Lipinski definition) is 2. The summed E-state index contributed by atoms with van der Waals surface area (Å²) in [6.07, 6.45) is 5.88. The Hall–Kier alpha value is -1.55. The average molecular weight is 303 g/mol. The molecule has 0 saturated heterocycles. The van der Waals surface area contributed by atoms with Crippen LogP contribution in [0.5, 0.6) is 0 Å². The molecular formula is C18H29N3O. The summed E-state index contributed by atoms with van der Waals surface area (Å²) in [7, 11) is 0. The average Bonchev–Trinajstić information content (AvgIpc) is 2.49. The second-order valence-corrected chi connectivity index (χ2v) is 6.18. The van der Waals surface area contributed by atoms with E-state index in [1.165, 1.54) is 24.8 Å². The van der Waals surface area contributed by atoms with Crippen LogP contribution in [-0.4, -0.2) is 25.7 Å². The Morgan fingerprint density at radius 1 is 1.36 bits per heavy atom. The van der Waals surface area contributed by atoms with Crippen molar-refractivity contribution in [2.75, 3.05) is 25.1 Å². The van der Waals surface area contributed by atoms with Crippen LogP contribution in [0.1, 0.15) is 45.1 Å². The number of nitrogens with zero attached hydrogens (tertiary/aromatic N) is 1. The largest absolute Gasteiger partial charge is 0.382 e. The number of aliphatic imine (C=N–C) groups is 1. The first-order valence-corrected chi connectivity index (χ1v) is 8.41. The molecular weight excluding hydrogens is 274 g/mol. The fourth-order valence-corrected chi connectivity index (χ4v) is 2.91. The lowest BCUT2D eigenvalue weighted by molar-refractivity contribution is 0.0610. The van der Waals surface area contributed by atoms with Crippen LogP contribution in [0.2, 0.25) is 0 Å². The molecule has 3 N–H and O–H groups in total. The Morgan fingerprint density at radius 2 is 2.18 bits per heavy atom. The van der Waals surface area contributed by atoms with Gasteiger partial charge in [-0.25, -0.2) is 0 Å². The molecule has 0 amide bonds. The molecule has 0 aromatic heterocycles. The van der Waals surface area contributed by atoms with Crippen LogP contribution in [0, 0.1) is 5.41 Å². The molecule has 1 aliphatic carbocycles. The third-order valence-corrected chi connectivity index (χ3v) is 4.59. The molecule has 4 nitrogen and oxygen atoms in total. The van der Waals surface area contributed by atoms with Crippen molar-refractivity contribution >= 4 is 11.6 Å². The van der Waals surface area contributed by atoms with Gasteiger partial charge < -0.3 is 15.8 Å². The molecule has 0 unspecified atom stereocenters. The summed E-state index contributed by atoms with van der Waals surface area (Å²) in [5, 5.41) is 3.20. The third kappa shape index (κ3) is 4.73. The van der Waals surface area contributed by atoms with E-state index in [0.29, 0.717) is 11.4 Å². The van der Waals surface area contributed by atoms with E-state index in [9.17, 15) is 0 Å². The van der Waals surface area contributed by atoms with Crippen molar-refractivity contribution in [2.45, 2.75) is 46.0 Å². The van der Waals surface area contributed by atoms with Crippen molar-refractivity contribution in [3.05, 3.63) is 29.8 Å². The maximum Gasteiger partial charge on any atom is 0.193 e. The smallest absolute Gasteiger partial charge is 0.193 e. The molecule has 0 heterocycles. The monoisotopic (exact) mass is 303 g/mol. The highest BCUT2D eigenvalue weighted by atomic mass is 16.5. The van der Waals surface area contributed by atoms with Crippen LogP contribution in [0.25, 0.3) is 0 Å². The zero-order valence-corrected chi connectivity index (χ0v) is 13.9. The van der Waals surface area contributed by atoms with E-state index in [2.05, 4.69) is 29.4 Å². The van der Waals surface area contributed by atoms with Gasteiger partial charge in [-0.15, -0.1) is 0 Å². The normalized spacial score (nSPS) is 17.1. The lowest BCUT2D eigenvalue weighted by Gasteiger charge is -2.40. The van der Waals surface area contributed by atoms with Gasteiger partial charge in [0.15, 0.2) is 5.96 Å². The molecule has 1 aromatic rings. The van der Waals surface area contributed by atoms with Gasteiger partial charge in [0.05, 0.1) is 0 Å². The maximum absolute atomic E-state index is 6.05. The number of hydrogen-bond donors (Lipinski definition) is 2. The first-order chi connectivity index (χ1) is 10.7. The van der Waals surface area contributed by atoms with Crippen molar-refractivity contribution in [2.24, 2.45) is 16.1 Å². The molecule has 0 radical (unpaired) electrons. The zero-order chi connectivity index (χ0) is 15.8. The fourth-order valence-electron chi connectivity index (χ4n) is 2.91. The Bertz CT molecular complexity index is 495. The van der Waals surface area contributed by atoms with Gasteiger partial charge in [-0.1, -0.05) is 25.5 Å². The summed E-state index contributed by atoms with van der Waals surface area (Å²) in [4.78, 5) is 4.58. The van der Waals surface area contributed by atoms with Gasteiger partial charge in [0.1, 0.15) is 0 Å². The SMILES string of the molecule is CCOCCC1(CN=C(N)Nc2cccc(CC)c2)CCC1. The van der Waals surface area contributed by atoms with E-state index in [1.54, 1.807) is 0 Å². The van der Waals surface area contributed by atoms with E-state index in [4.69, 9.17) is 10.5 Å². The molecule has 1 saturated carbocycles. The van der Waals surface area contributed by atoms with Crippen LogP contribution >= 0.6 is 0 Å². The molecule has 0 atom stereocenters. The molecule has 0 bridgehead atoms. The molecule has 2 rings (SSSR count). The highest BCUT2D eigenvalue weighted by Crippen LogP contribution is 2.44. The predicted molar refractivity (Wildman–Crippen MR) is 93.3 cm³/mol. The molecule has 1 fully saturated rings. The van der Waals surface area contributed by atoms with Crippen molar-refractivity contribution in [3.63, 3.8) is 0 Å². The molecule has 22 heavy (non-hydrogen) atoms. The number of nitrogens with one attached hydrogen (secondary N) is 1. The van der Waals surface area contributed by atoms with Gasteiger partial charge in [0, 0.05) is 25.4 Å². The van der Waals surface area contributed by atoms with E-state index >= 15 is 0 Å². The summed E-state index contributed by atoms with van der Waals surface area (Å²) < 4.78 is 5.50. The number of nitrogens with two attached hydrogens (primary N) is 1. The first kappa shape index (κ1) is 16.8. The zero-order valence-electron chi connectivity index (χ0n) is 13.9. The third-order valence-electron chi connectivity index (χ3n) is 4.59. The van der Waals surface area contributed by atoms with Gasteiger partial charge in [-0.3, -0.25) is 4.99 Å². The Balaban J connectivity index is 1.88. The predicted octanol–water partition coefficient (Wildman–Crippen LogP) is 3.57. The van der Waals surface area contributed by atoms with E-state index < -0.39 is 0 Å². The van der Waals surface area contributed by atoms with Gasteiger partial charge in [-0.05, 0) is 55.7 Å². The second kappa shape index (κ2) is 8.18. The number of anilines is 1. The molecule has 0 spiro atoms. The van der Waals surface area contributed by atoms with Gasteiger partial charge in [0.25, 0.3) is 0 Å². The van der Waals surface area contributed by atoms with Crippen LogP contribution in [-0.2, 0) is 11.2 Å². The van der Waals surface area contributed by atoms with Gasteiger partial charge in [-0.2, -0.15) is 0 Å². The summed E-state index contributed by atoms with van der Waals surface area (Å²) in [6, 6.07) is 8.31. The van der Waals surface area contributed by atoms with Crippen LogP contribution < -0.4 is 11.1 Å². The maximum atomic E-state index is 6.05. The van der Waals surface area contributed by atoms with Crippen molar-refractivity contribution in [1.29, 1.82) is 0 Å². The van der Waals surface area contributed by atoms with Gasteiger partial charge in [0.2, 0.25) is 0 Å². The highest BCUT2D eigenvalue weighted by molar-refractivity contribution is 5.92. The van der Waals surface area contributed by atoms with Gasteiger partial charge >= 0.3 is 0 Å². The lowest BCUT2D eigenvalue weighted by atomic mass is 9.67. The molecule has 0 aliphatic heterocycles.